The number of hydrogen-bond donors (Lipinski definition) is 1. The zero-order chi connectivity index (χ0) is 20.8. The van der Waals surface area contributed by atoms with Crippen molar-refractivity contribution in [2.45, 2.75) is 6.42 Å². The summed E-state index contributed by atoms with van der Waals surface area (Å²) in [5, 5.41) is 3.40. The van der Waals surface area contributed by atoms with Crippen molar-refractivity contribution in [1.82, 2.24) is 14.9 Å². The second kappa shape index (κ2) is 9.59. The Morgan fingerprint density at radius 3 is 2.37 bits per heavy atom. The van der Waals surface area contributed by atoms with E-state index in [1.165, 1.54) is 11.3 Å². The van der Waals surface area contributed by atoms with Gasteiger partial charge in [-0.1, -0.05) is 24.3 Å². The molecule has 1 N–H and O–H groups in total. The molecule has 0 atom stereocenters. The van der Waals surface area contributed by atoms with E-state index in [9.17, 15) is 0 Å². The molecule has 156 valence electrons. The molecule has 1 saturated heterocycles. The molecule has 1 aliphatic rings. The lowest BCUT2D eigenvalue weighted by Gasteiger charge is -2.34. The van der Waals surface area contributed by atoms with Crippen molar-refractivity contribution in [1.29, 1.82) is 0 Å². The summed E-state index contributed by atoms with van der Waals surface area (Å²) in [4.78, 5) is 13.6. The summed E-state index contributed by atoms with van der Waals surface area (Å²) in [6, 6.07) is 18.9. The third-order valence-electron chi connectivity index (χ3n) is 5.58. The zero-order valence-corrected chi connectivity index (χ0v) is 17.7. The van der Waals surface area contributed by atoms with Crippen LogP contribution in [0.4, 0.5) is 11.5 Å². The fourth-order valence-electron chi connectivity index (χ4n) is 3.65. The smallest absolute Gasteiger partial charge is 0.129 e. The third-order valence-corrected chi connectivity index (χ3v) is 5.58. The van der Waals surface area contributed by atoms with E-state index in [1.807, 2.05) is 18.2 Å². The first-order valence-corrected chi connectivity index (χ1v) is 10.4. The number of anilines is 2. The van der Waals surface area contributed by atoms with E-state index in [2.05, 4.69) is 68.5 Å². The second-order valence-electron chi connectivity index (χ2n) is 7.65. The summed E-state index contributed by atoms with van der Waals surface area (Å²) in [7, 11) is 3.86. The van der Waals surface area contributed by atoms with Crippen LogP contribution in [0.2, 0.25) is 0 Å². The summed E-state index contributed by atoms with van der Waals surface area (Å²) in [5.41, 5.74) is 4.58. The molecule has 1 aliphatic heterocycles. The van der Waals surface area contributed by atoms with Gasteiger partial charge in [0, 0.05) is 50.0 Å². The van der Waals surface area contributed by atoms with Gasteiger partial charge >= 0.3 is 0 Å². The van der Waals surface area contributed by atoms with Crippen molar-refractivity contribution >= 4 is 11.5 Å². The van der Waals surface area contributed by atoms with E-state index in [1.54, 1.807) is 13.4 Å². The molecule has 30 heavy (non-hydrogen) atoms. The Balaban J connectivity index is 1.35. The van der Waals surface area contributed by atoms with Crippen LogP contribution in [0.3, 0.4) is 0 Å². The molecule has 2 heterocycles. The Morgan fingerprint density at radius 2 is 1.67 bits per heavy atom. The fourth-order valence-corrected chi connectivity index (χ4v) is 3.65. The molecule has 0 unspecified atom stereocenters. The third kappa shape index (κ3) is 5.07. The molecule has 0 aliphatic carbocycles. The molecule has 6 heteroatoms. The Kier molecular flexibility index (Phi) is 6.44. The molecule has 1 aromatic heterocycles. The maximum Gasteiger partial charge on any atom is 0.129 e. The minimum absolute atomic E-state index is 0.811. The van der Waals surface area contributed by atoms with Gasteiger partial charge in [0.05, 0.1) is 12.8 Å². The standard InChI is InChI=1S/C24H29N5O/c1-28-13-15-29(16-14-28)21-7-5-20(6-8-21)23-17-24(27-18-26-23)25-12-11-19-3-9-22(30-2)10-4-19/h3-10,17-18H,11-16H2,1-2H3,(H,25,26,27). The normalized spacial score (nSPS) is 14.5. The van der Waals surface area contributed by atoms with Crippen LogP contribution in [0.25, 0.3) is 11.3 Å². The highest BCUT2D eigenvalue weighted by Gasteiger charge is 2.14. The van der Waals surface area contributed by atoms with Crippen molar-refractivity contribution in [3.8, 4) is 17.0 Å². The van der Waals surface area contributed by atoms with Crippen LogP contribution < -0.4 is 15.0 Å². The largest absolute Gasteiger partial charge is 0.497 e. The first kappa shape index (κ1) is 20.2. The quantitative estimate of drug-likeness (QED) is 0.651. The van der Waals surface area contributed by atoms with Crippen LogP contribution in [0.15, 0.2) is 60.9 Å². The summed E-state index contributed by atoms with van der Waals surface area (Å²) < 4.78 is 5.21. The number of likely N-dealkylation sites (N-methyl/N-ethyl adjacent to an activating group) is 1. The van der Waals surface area contributed by atoms with Gasteiger partial charge in [0.2, 0.25) is 0 Å². The highest BCUT2D eigenvalue weighted by molar-refractivity contribution is 5.65. The molecular formula is C24H29N5O. The number of rotatable bonds is 7. The lowest BCUT2D eigenvalue weighted by atomic mass is 10.1. The highest BCUT2D eigenvalue weighted by Crippen LogP contribution is 2.23. The van der Waals surface area contributed by atoms with Gasteiger partial charge < -0.3 is 19.9 Å². The van der Waals surface area contributed by atoms with Crippen LogP contribution in [0.1, 0.15) is 5.56 Å². The maximum absolute atomic E-state index is 5.21. The second-order valence-corrected chi connectivity index (χ2v) is 7.65. The van der Waals surface area contributed by atoms with Gasteiger partial charge in [-0.25, -0.2) is 9.97 Å². The number of ether oxygens (including phenoxy) is 1. The van der Waals surface area contributed by atoms with Gasteiger partial charge in [-0.3, -0.25) is 0 Å². The van der Waals surface area contributed by atoms with Gasteiger partial charge in [-0.05, 0) is 43.3 Å². The van der Waals surface area contributed by atoms with Gasteiger partial charge in [-0.15, -0.1) is 0 Å². The van der Waals surface area contributed by atoms with Gasteiger partial charge in [-0.2, -0.15) is 0 Å². The first-order valence-electron chi connectivity index (χ1n) is 10.4. The topological polar surface area (TPSA) is 53.5 Å². The van der Waals surface area contributed by atoms with Gasteiger partial charge in [0.1, 0.15) is 17.9 Å². The molecule has 0 spiro atoms. The average molecular weight is 404 g/mol. The predicted molar refractivity (Wildman–Crippen MR) is 122 cm³/mol. The molecule has 0 bridgehead atoms. The van der Waals surface area contributed by atoms with Crippen LogP contribution in [-0.4, -0.2) is 61.7 Å². The number of nitrogens with one attached hydrogen (secondary N) is 1. The number of benzene rings is 2. The number of hydrogen-bond acceptors (Lipinski definition) is 6. The number of methoxy groups -OCH3 is 1. The van der Waals surface area contributed by atoms with Crippen LogP contribution in [0, 0.1) is 0 Å². The summed E-state index contributed by atoms with van der Waals surface area (Å²) in [6.07, 6.45) is 2.54. The molecule has 0 radical (unpaired) electrons. The molecular weight excluding hydrogens is 374 g/mol. The van der Waals surface area contributed by atoms with Crippen LogP contribution in [-0.2, 0) is 6.42 Å². The highest BCUT2D eigenvalue weighted by atomic mass is 16.5. The Bertz CT molecular complexity index is 935. The lowest BCUT2D eigenvalue weighted by molar-refractivity contribution is 0.313. The Labute approximate surface area is 178 Å². The Morgan fingerprint density at radius 1 is 0.933 bits per heavy atom. The van der Waals surface area contributed by atoms with E-state index in [0.29, 0.717) is 0 Å². The number of piperazine rings is 1. The minimum Gasteiger partial charge on any atom is -0.497 e. The summed E-state index contributed by atoms with van der Waals surface area (Å²) >= 11 is 0. The lowest BCUT2D eigenvalue weighted by Crippen LogP contribution is -2.44. The van der Waals surface area contributed by atoms with E-state index in [4.69, 9.17) is 4.74 Å². The van der Waals surface area contributed by atoms with E-state index >= 15 is 0 Å². The molecule has 3 aromatic rings. The van der Waals surface area contributed by atoms with E-state index in [-0.39, 0.29) is 0 Å². The summed E-state index contributed by atoms with van der Waals surface area (Å²) in [5.74, 6) is 1.72. The summed E-state index contributed by atoms with van der Waals surface area (Å²) in [6.45, 7) is 5.18. The first-order chi connectivity index (χ1) is 14.7. The van der Waals surface area contributed by atoms with Crippen LogP contribution in [0.5, 0.6) is 5.75 Å². The molecule has 0 saturated carbocycles. The Hall–Kier alpha value is -3.12. The van der Waals surface area contributed by atoms with Crippen molar-refractivity contribution in [2.75, 3.05) is 57.1 Å². The van der Waals surface area contributed by atoms with Gasteiger partial charge in [0.25, 0.3) is 0 Å². The van der Waals surface area contributed by atoms with Gasteiger partial charge in [0.15, 0.2) is 0 Å². The van der Waals surface area contributed by atoms with Crippen molar-refractivity contribution < 1.29 is 4.74 Å². The monoisotopic (exact) mass is 403 g/mol. The molecule has 2 aromatic carbocycles. The zero-order valence-electron chi connectivity index (χ0n) is 17.7. The number of nitrogens with zero attached hydrogens (tertiary/aromatic N) is 4. The van der Waals surface area contributed by atoms with E-state index in [0.717, 1.165) is 62.0 Å². The van der Waals surface area contributed by atoms with Crippen LogP contribution >= 0.6 is 0 Å². The minimum atomic E-state index is 0.811. The predicted octanol–water partition coefficient (Wildman–Crippen LogP) is 3.56. The van der Waals surface area contributed by atoms with Crippen molar-refractivity contribution in [3.05, 3.63) is 66.5 Å². The molecule has 1 fully saturated rings. The molecule has 6 nitrogen and oxygen atoms in total. The average Bonchev–Trinajstić information content (AvgIpc) is 2.80. The fraction of sp³-hybridized carbons (Fsp3) is 0.333. The van der Waals surface area contributed by atoms with Crippen molar-refractivity contribution in [3.63, 3.8) is 0 Å². The molecule has 4 rings (SSSR count). The number of aromatic nitrogens is 2. The van der Waals surface area contributed by atoms with Crippen molar-refractivity contribution in [2.24, 2.45) is 0 Å². The van der Waals surface area contributed by atoms with E-state index < -0.39 is 0 Å². The molecule has 0 amide bonds. The maximum atomic E-state index is 5.21. The SMILES string of the molecule is COc1ccc(CCNc2cc(-c3ccc(N4CCN(C)CC4)cc3)ncn2)cc1.